The molecule has 190 valence electrons. The van der Waals surface area contributed by atoms with Gasteiger partial charge in [0.1, 0.15) is 17.0 Å². The molecule has 4 aliphatic rings. The maximum atomic E-state index is 13.3. The Balaban J connectivity index is 1.41. The van der Waals surface area contributed by atoms with E-state index in [-0.39, 0.29) is 41.5 Å². The molecular weight excluding hydrogens is 446 g/mol. The van der Waals surface area contributed by atoms with Crippen molar-refractivity contribution < 1.29 is 28.6 Å². The summed E-state index contributed by atoms with van der Waals surface area (Å²) in [5.74, 6) is 0.936. The quantitative estimate of drug-likeness (QED) is 0.563. The molecule has 1 aromatic carbocycles. The Morgan fingerprint density at radius 2 is 1.77 bits per heavy atom. The van der Waals surface area contributed by atoms with Crippen molar-refractivity contribution in [2.24, 2.45) is 23.7 Å². The first kappa shape index (κ1) is 24.1. The molecule has 5 atom stereocenters. The molecular formula is C28H37NO6. The van der Waals surface area contributed by atoms with Crippen molar-refractivity contribution >= 4 is 17.8 Å². The van der Waals surface area contributed by atoms with Crippen LogP contribution in [0, 0.1) is 23.7 Å². The maximum Gasteiger partial charge on any atom is 0.410 e. The molecule has 0 N–H and O–H groups in total. The zero-order chi connectivity index (χ0) is 25.1. The highest BCUT2D eigenvalue weighted by Gasteiger charge is 2.59. The number of Topliss-reactive ketones (excluding diaryl/α,β-unsaturated/α-hetero) is 1. The van der Waals surface area contributed by atoms with Crippen LogP contribution in [0.4, 0.5) is 4.79 Å². The number of ether oxygens (including phenoxy) is 3. The number of benzene rings is 1. The molecule has 3 fully saturated rings. The predicted octanol–water partition coefficient (Wildman–Crippen LogP) is 4.97. The molecule has 35 heavy (non-hydrogen) atoms. The van der Waals surface area contributed by atoms with E-state index in [1.54, 1.807) is 4.90 Å². The summed E-state index contributed by atoms with van der Waals surface area (Å²) in [4.78, 5) is 40.2. The number of carbonyl (C=O) groups is 3. The van der Waals surface area contributed by atoms with Crippen LogP contribution in [0.2, 0.25) is 0 Å². The summed E-state index contributed by atoms with van der Waals surface area (Å²) in [6.45, 7) is 8.62. The summed E-state index contributed by atoms with van der Waals surface area (Å²) in [6.07, 6.45) is 4.10. The van der Waals surface area contributed by atoms with E-state index < -0.39 is 11.2 Å². The molecule has 2 saturated carbocycles. The number of amides is 1. The number of nitrogens with zero attached hydrogens (tertiary/aromatic N) is 1. The maximum absolute atomic E-state index is 13.3. The molecule has 0 aromatic heterocycles. The zero-order valence-corrected chi connectivity index (χ0v) is 21.5. The van der Waals surface area contributed by atoms with Crippen LogP contribution in [-0.2, 0) is 14.3 Å². The minimum atomic E-state index is -0.579. The molecule has 7 nitrogen and oxygen atoms in total. The van der Waals surface area contributed by atoms with Crippen molar-refractivity contribution in [3.8, 4) is 5.75 Å². The van der Waals surface area contributed by atoms with E-state index in [1.807, 2.05) is 45.9 Å². The second-order valence-corrected chi connectivity index (χ2v) is 11.9. The Bertz CT molecular complexity index is 1020. The molecule has 1 spiro atoms. The highest BCUT2D eigenvalue weighted by atomic mass is 16.6. The van der Waals surface area contributed by atoms with Crippen LogP contribution in [0.1, 0.15) is 81.6 Å². The Morgan fingerprint density at radius 3 is 2.34 bits per heavy atom. The number of hydrogen-bond acceptors (Lipinski definition) is 6. The van der Waals surface area contributed by atoms with Crippen molar-refractivity contribution in [3.63, 3.8) is 0 Å². The zero-order valence-electron chi connectivity index (χ0n) is 21.5. The molecule has 1 amide bonds. The van der Waals surface area contributed by atoms with Gasteiger partial charge in [0, 0.05) is 24.9 Å². The van der Waals surface area contributed by atoms with Crippen LogP contribution in [0.25, 0.3) is 0 Å². The highest BCUT2D eigenvalue weighted by molar-refractivity contribution is 6.00. The summed E-state index contributed by atoms with van der Waals surface area (Å²) in [5.41, 5.74) is 0.530. The van der Waals surface area contributed by atoms with Crippen LogP contribution in [0.3, 0.4) is 0 Å². The summed E-state index contributed by atoms with van der Waals surface area (Å²) in [7, 11) is 1.43. The van der Waals surface area contributed by atoms with Crippen molar-refractivity contribution in [1.82, 2.24) is 4.90 Å². The number of hydrogen-bond donors (Lipinski definition) is 0. The van der Waals surface area contributed by atoms with Crippen LogP contribution >= 0.6 is 0 Å². The van der Waals surface area contributed by atoms with E-state index in [9.17, 15) is 14.4 Å². The van der Waals surface area contributed by atoms with Gasteiger partial charge in [0.2, 0.25) is 0 Å². The summed E-state index contributed by atoms with van der Waals surface area (Å²) >= 11 is 0. The lowest BCUT2D eigenvalue weighted by molar-refractivity contribution is -0.145. The van der Waals surface area contributed by atoms with Gasteiger partial charge in [-0.05, 0) is 76.0 Å². The molecule has 7 heteroatoms. The third-order valence-electron chi connectivity index (χ3n) is 8.45. The van der Waals surface area contributed by atoms with Gasteiger partial charge >= 0.3 is 12.1 Å². The second kappa shape index (κ2) is 8.52. The van der Waals surface area contributed by atoms with Gasteiger partial charge in [-0.1, -0.05) is 13.0 Å². The number of carbonyl (C=O) groups excluding carboxylic acids is 3. The van der Waals surface area contributed by atoms with Gasteiger partial charge in [-0.3, -0.25) is 9.59 Å². The largest absolute Gasteiger partial charge is 0.485 e. The third kappa shape index (κ3) is 4.31. The fourth-order valence-electron chi connectivity index (χ4n) is 6.66. The van der Waals surface area contributed by atoms with E-state index in [0.29, 0.717) is 36.7 Å². The Labute approximate surface area is 207 Å². The van der Waals surface area contributed by atoms with Gasteiger partial charge in [0.05, 0.1) is 25.0 Å². The average Bonchev–Trinajstić information content (AvgIpc) is 3.60. The molecule has 2 heterocycles. The lowest BCUT2D eigenvalue weighted by atomic mass is 9.74. The van der Waals surface area contributed by atoms with E-state index in [1.165, 1.54) is 7.11 Å². The van der Waals surface area contributed by atoms with Crippen LogP contribution in [0.15, 0.2) is 18.2 Å². The Kier molecular flexibility index (Phi) is 5.88. The van der Waals surface area contributed by atoms with E-state index in [4.69, 9.17) is 14.2 Å². The summed E-state index contributed by atoms with van der Waals surface area (Å²) < 4.78 is 17.4. The summed E-state index contributed by atoms with van der Waals surface area (Å²) in [6, 6.07) is 5.85. The minimum absolute atomic E-state index is 0.0510. The Morgan fingerprint density at radius 1 is 1.11 bits per heavy atom. The summed E-state index contributed by atoms with van der Waals surface area (Å²) in [5, 5.41) is 0. The standard InChI is InChI=1S/C28H37NO6/c1-16(25(31)33-5)24(17-6-7-17)18-8-11-21-22(30)13-28(34-23(21)12-18)19-9-10-20(28)15-29(14-19)26(32)35-27(2,3)4/h8,11-12,16-17,19-20,24H,6-7,9-10,13-15H2,1-5H3/t16?,19-,20+,24?,28?. The lowest BCUT2D eigenvalue weighted by Gasteiger charge is -2.49. The van der Waals surface area contributed by atoms with Crippen molar-refractivity contribution in [2.75, 3.05) is 20.2 Å². The first-order valence-corrected chi connectivity index (χ1v) is 12.9. The smallest absolute Gasteiger partial charge is 0.410 e. The fraction of sp³-hybridized carbons (Fsp3) is 0.679. The van der Waals surface area contributed by atoms with Gasteiger partial charge in [0.25, 0.3) is 0 Å². The van der Waals surface area contributed by atoms with Gasteiger partial charge in [-0.2, -0.15) is 0 Å². The molecule has 3 unspecified atom stereocenters. The van der Waals surface area contributed by atoms with E-state index >= 15 is 0 Å². The SMILES string of the molecule is COC(=O)C(C)C(c1ccc2c(c1)OC1(CC2=O)[C@@H]2CC[C@H]1CN(C(=O)OC(C)(C)C)C2)C1CC1. The molecule has 1 saturated heterocycles. The van der Waals surface area contributed by atoms with Crippen molar-refractivity contribution in [3.05, 3.63) is 29.3 Å². The first-order chi connectivity index (χ1) is 16.5. The molecule has 1 aromatic rings. The molecule has 2 aliphatic carbocycles. The van der Waals surface area contributed by atoms with Gasteiger partial charge in [0.15, 0.2) is 5.78 Å². The molecule has 0 radical (unpaired) electrons. The van der Waals surface area contributed by atoms with Crippen molar-refractivity contribution in [1.29, 1.82) is 0 Å². The molecule has 2 bridgehead atoms. The second-order valence-electron chi connectivity index (χ2n) is 11.9. The monoisotopic (exact) mass is 483 g/mol. The number of rotatable bonds is 4. The number of fused-ring (bicyclic) bond motifs is 1. The van der Waals surface area contributed by atoms with Crippen molar-refractivity contribution in [2.45, 2.75) is 76.9 Å². The number of piperidine rings is 1. The molecule has 2 aliphatic heterocycles. The number of methoxy groups -OCH3 is 1. The molecule has 5 rings (SSSR count). The van der Waals surface area contributed by atoms with Gasteiger partial charge in [-0.25, -0.2) is 4.79 Å². The Hall–Kier alpha value is -2.57. The van der Waals surface area contributed by atoms with E-state index in [2.05, 4.69) is 0 Å². The fourth-order valence-corrected chi connectivity index (χ4v) is 6.66. The van der Waals surface area contributed by atoms with Gasteiger partial charge in [-0.15, -0.1) is 0 Å². The number of likely N-dealkylation sites (tertiary alicyclic amines) is 1. The topological polar surface area (TPSA) is 82.1 Å². The van der Waals surface area contributed by atoms with Crippen LogP contribution in [0.5, 0.6) is 5.75 Å². The third-order valence-corrected chi connectivity index (χ3v) is 8.45. The normalized spacial score (nSPS) is 29.3. The number of ketones is 1. The highest BCUT2D eigenvalue weighted by Crippen LogP contribution is 2.54. The first-order valence-electron chi connectivity index (χ1n) is 12.9. The van der Waals surface area contributed by atoms with E-state index in [0.717, 1.165) is 31.2 Å². The van der Waals surface area contributed by atoms with Crippen LogP contribution in [-0.4, -0.2) is 54.1 Å². The average molecular weight is 484 g/mol. The predicted molar refractivity (Wildman–Crippen MR) is 129 cm³/mol. The van der Waals surface area contributed by atoms with Crippen LogP contribution < -0.4 is 4.74 Å². The lowest BCUT2D eigenvalue weighted by Crippen LogP contribution is -2.60. The van der Waals surface area contributed by atoms with Gasteiger partial charge < -0.3 is 19.1 Å². The number of esters is 1. The minimum Gasteiger partial charge on any atom is -0.485 e.